The molecule has 3 aromatic rings. The van der Waals surface area contributed by atoms with Gasteiger partial charge in [0.15, 0.2) is 0 Å². The van der Waals surface area contributed by atoms with Crippen molar-refractivity contribution in [2.24, 2.45) is 4.99 Å². The zero-order chi connectivity index (χ0) is 13.4. The van der Waals surface area contributed by atoms with Gasteiger partial charge in [0.05, 0.1) is 6.54 Å². The molecule has 1 aliphatic rings. The molecule has 0 saturated heterocycles. The molecule has 98 valence electrons. The summed E-state index contributed by atoms with van der Waals surface area (Å²) < 4.78 is 5.91. The van der Waals surface area contributed by atoms with Crippen LogP contribution in [0.3, 0.4) is 0 Å². The lowest BCUT2D eigenvalue weighted by Gasteiger charge is -2.04. The lowest BCUT2D eigenvalue weighted by molar-refractivity contribution is 0.631. The molecule has 0 unspecified atom stereocenters. The standard InChI is InChI=1S/C17H14N2O/c1-2-7-15-13(4-1)11-16(20-15)12-5-3-6-14(10-12)17-18-8-9-19-17/h1-7,10-11H,8-9H2,(H,18,19). The topological polar surface area (TPSA) is 37.5 Å². The van der Waals surface area contributed by atoms with Gasteiger partial charge in [0.25, 0.3) is 0 Å². The van der Waals surface area contributed by atoms with Gasteiger partial charge in [-0.05, 0) is 18.2 Å². The number of rotatable bonds is 2. The fourth-order valence-corrected chi connectivity index (χ4v) is 2.54. The second-order valence-corrected chi connectivity index (χ2v) is 4.89. The summed E-state index contributed by atoms with van der Waals surface area (Å²) in [6, 6.07) is 18.5. The van der Waals surface area contributed by atoms with Crippen LogP contribution < -0.4 is 5.32 Å². The van der Waals surface area contributed by atoms with Gasteiger partial charge in [-0.25, -0.2) is 0 Å². The Labute approximate surface area is 116 Å². The van der Waals surface area contributed by atoms with Crippen molar-refractivity contribution in [1.82, 2.24) is 5.32 Å². The van der Waals surface area contributed by atoms with E-state index in [-0.39, 0.29) is 0 Å². The van der Waals surface area contributed by atoms with E-state index in [4.69, 9.17) is 4.42 Å². The van der Waals surface area contributed by atoms with Crippen molar-refractivity contribution < 1.29 is 4.42 Å². The average molecular weight is 262 g/mol. The lowest BCUT2D eigenvalue weighted by Crippen LogP contribution is -2.19. The lowest BCUT2D eigenvalue weighted by atomic mass is 10.1. The van der Waals surface area contributed by atoms with E-state index in [1.807, 2.05) is 24.3 Å². The molecule has 3 nitrogen and oxygen atoms in total. The third-order valence-corrected chi connectivity index (χ3v) is 3.52. The summed E-state index contributed by atoms with van der Waals surface area (Å²) in [5, 5.41) is 4.43. The number of aliphatic imine (C=N–C) groups is 1. The summed E-state index contributed by atoms with van der Waals surface area (Å²) in [6.07, 6.45) is 0. The number of benzene rings is 2. The molecule has 2 aromatic carbocycles. The van der Waals surface area contributed by atoms with Crippen LogP contribution in [0.2, 0.25) is 0 Å². The van der Waals surface area contributed by atoms with Crippen molar-refractivity contribution in [3.05, 3.63) is 60.2 Å². The van der Waals surface area contributed by atoms with E-state index in [0.717, 1.165) is 46.8 Å². The van der Waals surface area contributed by atoms with Crippen LogP contribution >= 0.6 is 0 Å². The molecule has 0 fully saturated rings. The molecule has 20 heavy (non-hydrogen) atoms. The summed E-state index contributed by atoms with van der Waals surface area (Å²) in [6.45, 7) is 1.77. The maximum Gasteiger partial charge on any atom is 0.135 e. The van der Waals surface area contributed by atoms with Crippen LogP contribution in [0.4, 0.5) is 0 Å². The molecule has 1 aromatic heterocycles. The SMILES string of the molecule is c1cc(C2=NCCN2)cc(-c2cc3ccccc3o2)c1. The van der Waals surface area contributed by atoms with Crippen LogP contribution in [0.5, 0.6) is 0 Å². The Bertz CT molecular complexity index is 768. The fourth-order valence-electron chi connectivity index (χ4n) is 2.54. The number of nitrogens with one attached hydrogen (secondary N) is 1. The van der Waals surface area contributed by atoms with Crippen LogP contribution in [0.25, 0.3) is 22.3 Å². The van der Waals surface area contributed by atoms with E-state index in [2.05, 4.69) is 40.6 Å². The Hall–Kier alpha value is -2.55. The molecule has 0 bridgehead atoms. The van der Waals surface area contributed by atoms with Gasteiger partial charge in [-0.15, -0.1) is 0 Å². The Morgan fingerprint density at radius 1 is 0.950 bits per heavy atom. The van der Waals surface area contributed by atoms with Gasteiger partial charge in [-0.1, -0.05) is 36.4 Å². The molecule has 0 spiro atoms. The van der Waals surface area contributed by atoms with Gasteiger partial charge in [0.2, 0.25) is 0 Å². The van der Waals surface area contributed by atoms with Gasteiger partial charge >= 0.3 is 0 Å². The normalized spacial score (nSPS) is 14.3. The van der Waals surface area contributed by atoms with Crippen LogP contribution in [-0.4, -0.2) is 18.9 Å². The van der Waals surface area contributed by atoms with Crippen LogP contribution in [-0.2, 0) is 0 Å². The summed E-state index contributed by atoms with van der Waals surface area (Å²) in [7, 11) is 0. The van der Waals surface area contributed by atoms with E-state index in [0.29, 0.717) is 0 Å². The molecule has 0 atom stereocenters. The predicted molar refractivity (Wildman–Crippen MR) is 81.1 cm³/mol. The molecule has 1 N–H and O–H groups in total. The number of nitrogens with zero attached hydrogens (tertiary/aromatic N) is 1. The van der Waals surface area contributed by atoms with Gasteiger partial charge in [-0.3, -0.25) is 4.99 Å². The quantitative estimate of drug-likeness (QED) is 0.768. The van der Waals surface area contributed by atoms with Gasteiger partial charge < -0.3 is 9.73 Å². The second-order valence-electron chi connectivity index (χ2n) is 4.89. The molecule has 4 rings (SSSR count). The summed E-state index contributed by atoms with van der Waals surface area (Å²) in [5.74, 6) is 1.87. The third kappa shape index (κ3) is 1.88. The smallest absolute Gasteiger partial charge is 0.135 e. The summed E-state index contributed by atoms with van der Waals surface area (Å²) >= 11 is 0. The number of furan rings is 1. The van der Waals surface area contributed by atoms with Crippen molar-refractivity contribution in [2.75, 3.05) is 13.1 Å². The first-order chi connectivity index (χ1) is 9.90. The summed E-state index contributed by atoms with van der Waals surface area (Å²) in [5.41, 5.74) is 3.11. The van der Waals surface area contributed by atoms with Crippen molar-refractivity contribution in [1.29, 1.82) is 0 Å². The minimum Gasteiger partial charge on any atom is -0.456 e. The molecule has 0 saturated carbocycles. The molecular weight excluding hydrogens is 248 g/mol. The number of amidine groups is 1. The van der Waals surface area contributed by atoms with E-state index < -0.39 is 0 Å². The molecule has 0 radical (unpaired) electrons. The van der Waals surface area contributed by atoms with Crippen molar-refractivity contribution in [3.63, 3.8) is 0 Å². The van der Waals surface area contributed by atoms with E-state index in [1.54, 1.807) is 0 Å². The van der Waals surface area contributed by atoms with Crippen molar-refractivity contribution in [3.8, 4) is 11.3 Å². The highest BCUT2D eigenvalue weighted by atomic mass is 16.3. The number of hydrogen-bond donors (Lipinski definition) is 1. The Balaban J connectivity index is 1.79. The van der Waals surface area contributed by atoms with Crippen molar-refractivity contribution >= 4 is 16.8 Å². The molecular formula is C17H14N2O. The number of para-hydroxylation sites is 1. The van der Waals surface area contributed by atoms with Crippen LogP contribution in [0.1, 0.15) is 5.56 Å². The monoisotopic (exact) mass is 262 g/mol. The molecule has 3 heteroatoms. The third-order valence-electron chi connectivity index (χ3n) is 3.52. The number of hydrogen-bond acceptors (Lipinski definition) is 3. The van der Waals surface area contributed by atoms with Gasteiger partial charge in [-0.2, -0.15) is 0 Å². The van der Waals surface area contributed by atoms with Gasteiger partial charge in [0.1, 0.15) is 17.2 Å². The predicted octanol–water partition coefficient (Wildman–Crippen LogP) is 3.45. The first kappa shape index (κ1) is 11.3. The van der Waals surface area contributed by atoms with E-state index in [9.17, 15) is 0 Å². The highest BCUT2D eigenvalue weighted by Crippen LogP contribution is 2.28. The Morgan fingerprint density at radius 2 is 1.85 bits per heavy atom. The fraction of sp³-hybridized carbons (Fsp3) is 0.118. The van der Waals surface area contributed by atoms with E-state index >= 15 is 0 Å². The van der Waals surface area contributed by atoms with Crippen LogP contribution in [0.15, 0.2) is 64.0 Å². The van der Waals surface area contributed by atoms with Gasteiger partial charge in [0, 0.05) is 23.1 Å². The largest absolute Gasteiger partial charge is 0.456 e. The molecule has 2 heterocycles. The minimum atomic E-state index is 0.851. The Morgan fingerprint density at radius 3 is 2.70 bits per heavy atom. The number of fused-ring (bicyclic) bond motifs is 1. The molecule has 0 amide bonds. The highest BCUT2D eigenvalue weighted by molar-refractivity contribution is 6.00. The van der Waals surface area contributed by atoms with Crippen molar-refractivity contribution in [2.45, 2.75) is 0 Å². The maximum atomic E-state index is 5.91. The zero-order valence-corrected chi connectivity index (χ0v) is 11.0. The summed E-state index contributed by atoms with van der Waals surface area (Å²) in [4.78, 5) is 4.46. The van der Waals surface area contributed by atoms with E-state index in [1.165, 1.54) is 0 Å². The maximum absolute atomic E-state index is 5.91. The second kappa shape index (κ2) is 4.53. The first-order valence-corrected chi connectivity index (χ1v) is 6.78. The first-order valence-electron chi connectivity index (χ1n) is 6.78. The Kier molecular flexibility index (Phi) is 2.56. The highest BCUT2D eigenvalue weighted by Gasteiger charge is 2.11. The zero-order valence-electron chi connectivity index (χ0n) is 11.0. The molecule has 1 aliphatic heterocycles. The average Bonchev–Trinajstić information content (AvgIpc) is 3.16. The van der Waals surface area contributed by atoms with Crippen LogP contribution in [0, 0.1) is 0 Å². The minimum absolute atomic E-state index is 0.851. The molecule has 0 aliphatic carbocycles.